The van der Waals surface area contributed by atoms with Crippen molar-refractivity contribution >= 4 is 22.7 Å². The Morgan fingerprint density at radius 2 is 1.94 bits per heavy atom. The summed E-state index contributed by atoms with van der Waals surface area (Å²) in [5.74, 6) is -0.800. The molecule has 1 aromatic heterocycles. The van der Waals surface area contributed by atoms with Gasteiger partial charge in [-0.3, -0.25) is 4.98 Å². The molecule has 0 fully saturated rings. The summed E-state index contributed by atoms with van der Waals surface area (Å²) in [5, 5.41) is 12.9. The largest absolute Gasteiger partial charge is 0.490 e. The van der Waals surface area contributed by atoms with E-state index in [0.717, 1.165) is 24.0 Å². The van der Waals surface area contributed by atoms with Gasteiger partial charge in [0.25, 0.3) is 0 Å². The van der Waals surface area contributed by atoms with Crippen molar-refractivity contribution in [1.82, 2.24) is 4.98 Å². The number of oxime groups is 1. The van der Waals surface area contributed by atoms with Crippen LogP contribution in [0.1, 0.15) is 46.8 Å². The van der Waals surface area contributed by atoms with Crippen LogP contribution < -0.4 is 10.5 Å². The molecule has 0 spiro atoms. The summed E-state index contributed by atoms with van der Waals surface area (Å²) in [7, 11) is 1.27. The fourth-order valence-electron chi connectivity index (χ4n) is 3.24. The lowest BCUT2D eigenvalue weighted by molar-refractivity contribution is 0.0596. The number of pyridine rings is 1. The van der Waals surface area contributed by atoms with E-state index in [-0.39, 0.29) is 23.0 Å². The summed E-state index contributed by atoms with van der Waals surface area (Å²) < 4.78 is 24.0. The number of aromatic nitrogens is 1. The van der Waals surface area contributed by atoms with E-state index in [1.807, 2.05) is 13.0 Å². The molecule has 3 N–H and O–H groups in total. The van der Waals surface area contributed by atoms with Crippen LogP contribution in [0.2, 0.25) is 0 Å². The van der Waals surface area contributed by atoms with Crippen LogP contribution in [0.4, 0.5) is 4.39 Å². The lowest BCUT2D eigenvalue weighted by Gasteiger charge is -2.16. The number of hydrogen-bond donors (Lipinski definition) is 2. The van der Waals surface area contributed by atoms with Crippen molar-refractivity contribution in [1.29, 1.82) is 0 Å². The number of methoxy groups -OCH3 is 1. The van der Waals surface area contributed by atoms with Gasteiger partial charge in [0.05, 0.1) is 13.7 Å². The van der Waals surface area contributed by atoms with E-state index < -0.39 is 5.97 Å². The normalized spacial score (nSPS) is 11.5. The summed E-state index contributed by atoms with van der Waals surface area (Å²) in [5.41, 5.74) is 8.51. The van der Waals surface area contributed by atoms with Gasteiger partial charge in [-0.05, 0) is 48.2 Å². The van der Waals surface area contributed by atoms with Crippen LogP contribution in [-0.4, -0.2) is 35.7 Å². The van der Waals surface area contributed by atoms with Gasteiger partial charge in [-0.25, -0.2) is 9.18 Å². The van der Waals surface area contributed by atoms with Crippen molar-refractivity contribution in [3.63, 3.8) is 0 Å². The molecule has 0 aliphatic carbocycles. The van der Waals surface area contributed by atoms with Gasteiger partial charge in [0.2, 0.25) is 0 Å². The van der Waals surface area contributed by atoms with E-state index in [4.69, 9.17) is 15.2 Å². The lowest BCUT2D eigenvalue weighted by atomic mass is 9.98. The predicted octanol–water partition coefficient (Wildman–Crippen LogP) is 4.02. The number of ether oxygens (including phenoxy) is 2. The number of rotatable bonds is 8. The number of esters is 1. The Balaban J connectivity index is 2.17. The number of unbranched alkanes of at least 4 members (excludes halogenated alkanes) is 1. The molecule has 3 aromatic rings. The van der Waals surface area contributed by atoms with Crippen LogP contribution in [0.15, 0.2) is 47.8 Å². The van der Waals surface area contributed by atoms with Crippen molar-refractivity contribution in [2.75, 3.05) is 13.7 Å². The molecule has 2 aromatic carbocycles. The van der Waals surface area contributed by atoms with Crippen molar-refractivity contribution < 1.29 is 23.9 Å². The maximum Gasteiger partial charge on any atom is 0.341 e. The first-order valence-electron chi connectivity index (χ1n) is 9.87. The second-order valence-electron chi connectivity index (χ2n) is 7.02. The number of halogens is 1. The van der Waals surface area contributed by atoms with Crippen LogP contribution >= 0.6 is 0 Å². The maximum atomic E-state index is 13.2. The third-order valence-electron chi connectivity index (χ3n) is 4.84. The minimum absolute atomic E-state index is 0.145. The lowest BCUT2D eigenvalue weighted by Crippen LogP contribution is -2.17. The van der Waals surface area contributed by atoms with Gasteiger partial charge in [0.1, 0.15) is 16.9 Å². The molecule has 0 atom stereocenters. The number of nitrogens with zero attached hydrogens (tertiary/aromatic N) is 2. The summed E-state index contributed by atoms with van der Waals surface area (Å²) in [6.45, 7) is 2.43. The molecule has 0 amide bonds. The number of carbonyl (C=O) groups is 1. The SMILES string of the molecule is CCCCOc1c(C(=O)OC)cc(/C(N)=N/O)c2cc(Cc3ccc(F)cc3)cnc12. The summed E-state index contributed by atoms with van der Waals surface area (Å²) in [4.78, 5) is 16.9. The quantitative estimate of drug-likeness (QED) is 0.141. The van der Waals surface area contributed by atoms with Gasteiger partial charge >= 0.3 is 5.97 Å². The first kappa shape index (κ1) is 22.0. The van der Waals surface area contributed by atoms with E-state index in [9.17, 15) is 14.4 Å². The number of hydrogen-bond acceptors (Lipinski definition) is 6. The van der Waals surface area contributed by atoms with Gasteiger partial charge in [-0.1, -0.05) is 30.6 Å². The third kappa shape index (κ3) is 4.91. The van der Waals surface area contributed by atoms with E-state index in [1.54, 1.807) is 18.3 Å². The van der Waals surface area contributed by atoms with Crippen molar-refractivity contribution in [2.24, 2.45) is 10.9 Å². The Kier molecular flexibility index (Phi) is 7.02. The standard InChI is InChI=1S/C23H24FN3O4/c1-3-4-9-31-21-19(23(28)30-2)12-18(22(25)27-29)17-11-15(13-26-20(17)21)10-14-5-7-16(24)8-6-14/h5-8,11-13,29H,3-4,9-10H2,1-2H3,(H2,25,27). The highest BCUT2D eigenvalue weighted by Crippen LogP contribution is 2.33. The Morgan fingerprint density at radius 3 is 2.58 bits per heavy atom. The molecule has 3 rings (SSSR count). The second kappa shape index (κ2) is 9.88. The molecule has 0 radical (unpaired) electrons. The molecular weight excluding hydrogens is 401 g/mol. The summed E-state index contributed by atoms with van der Waals surface area (Å²) >= 11 is 0. The van der Waals surface area contributed by atoms with Crippen molar-refractivity contribution in [3.8, 4) is 5.75 Å². The molecular formula is C23H24FN3O4. The zero-order valence-corrected chi connectivity index (χ0v) is 17.4. The second-order valence-corrected chi connectivity index (χ2v) is 7.02. The minimum atomic E-state index is -0.613. The Hall–Kier alpha value is -3.68. The number of nitrogens with two attached hydrogens (primary N) is 1. The van der Waals surface area contributed by atoms with Gasteiger partial charge in [-0.2, -0.15) is 0 Å². The molecule has 31 heavy (non-hydrogen) atoms. The molecule has 0 unspecified atom stereocenters. The maximum absolute atomic E-state index is 13.2. The topological polar surface area (TPSA) is 107 Å². The Bertz CT molecular complexity index is 1110. The highest BCUT2D eigenvalue weighted by Gasteiger charge is 2.22. The zero-order chi connectivity index (χ0) is 22.4. The number of carbonyl (C=O) groups excluding carboxylic acids is 1. The van der Waals surface area contributed by atoms with E-state index in [0.29, 0.717) is 29.5 Å². The van der Waals surface area contributed by atoms with E-state index >= 15 is 0 Å². The molecule has 1 heterocycles. The van der Waals surface area contributed by atoms with E-state index in [1.165, 1.54) is 25.3 Å². The highest BCUT2D eigenvalue weighted by atomic mass is 19.1. The number of amidine groups is 1. The van der Waals surface area contributed by atoms with Crippen LogP contribution in [-0.2, 0) is 11.2 Å². The third-order valence-corrected chi connectivity index (χ3v) is 4.84. The first-order chi connectivity index (χ1) is 15.0. The number of benzene rings is 2. The Morgan fingerprint density at radius 1 is 1.19 bits per heavy atom. The van der Waals surface area contributed by atoms with Crippen LogP contribution in [0.5, 0.6) is 5.75 Å². The summed E-state index contributed by atoms with van der Waals surface area (Å²) in [6.07, 6.45) is 3.88. The summed E-state index contributed by atoms with van der Waals surface area (Å²) in [6, 6.07) is 9.51. The molecule has 0 saturated carbocycles. The van der Waals surface area contributed by atoms with Gasteiger partial charge in [0.15, 0.2) is 11.6 Å². The zero-order valence-electron chi connectivity index (χ0n) is 17.4. The minimum Gasteiger partial charge on any atom is -0.490 e. The van der Waals surface area contributed by atoms with Gasteiger partial charge in [-0.15, -0.1) is 0 Å². The smallest absolute Gasteiger partial charge is 0.341 e. The average Bonchev–Trinajstić information content (AvgIpc) is 2.79. The predicted molar refractivity (Wildman–Crippen MR) is 115 cm³/mol. The molecule has 0 bridgehead atoms. The van der Waals surface area contributed by atoms with Crippen LogP contribution in [0, 0.1) is 5.82 Å². The Labute approximate surface area is 179 Å². The van der Waals surface area contributed by atoms with Crippen molar-refractivity contribution in [2.45, 2.75) is 26.2 Å². The average molecular weight is 425 g/mol. The molecule has 8 heteroatoms. The van der Waals surface area contributed by atoms with Gasteiger partial charge in [0, 0.05) is 17.1 Å². The monoisotopic (exact) mass is 425 g/mol. The fraction of sp³-hybridized carbons (Fsp3) is 0.261. The van der Waals surface area contributed by atoms with Crippen LogP contribution in [0.25, 0.3) is 10.9 Å². The molecule has 162 valence electrons. The number of fused-ring (bicyclic) bond motifs is 1. The van der Waals surface area contributed by atoms with Crippen molar-refractivity contribution in [3.05, 3.63) is 70.7 Å². The van der Waals surface area contributed by atoms with Gasteiger partial charge < -0.3 is 20.4 Å². The highest BCUT2D eigenvalue weighted by molar-refractivity contribution is 6.13. The first-order valence-corrected chi connectivity index (χ1v) is 9.87. The molecule has 0 saturated heterocycles. The molecule has 0 aliphatic rings. The molecule has 0 aliphatic heterocycles. The van der Waals surface area contributed by atoms with E-state index in [2.05, 4.69) is 10.1 Å². The molecule has 7 nitrogen and oxygen atoms in total. The fourth-order valence-corrected chi connectivity index (χ4v) is 3.24. The van der Waals surface area contributed by atoms with Crippen LogP contribution in [0.3, 0.4) is 0 Å².